The van der Waals surface area contributed by atoms with Gasteiger partial charge in [-0.05, 0) is 19.9 Å². The van der Waals surface area contributed by atoms with E-state index in [2.05, 4.69) is 0 Å². The lowest BCUT2D eigenvalue weighted by molar-refractivity contribution is -0.117. The van der Waals surface area contributed by atoms with Crippen LogP contribution in [0.2, 0.25) is 0 Å². The highest BCUT2D eigenvalue weighted by molar-refractivity contribution is 5.87. The van der Waals surface area contributed by atoms with Crippen molar-refractivity contribution < 1.29 is 14.4 Å². The standard InChI is InChI=1S/C6H9NO2.C4H8O/c1-5(8)3-2-4-6(7)9;1-3-4(2)5/h2,4H,3H2,1H3,(H2,7,9);3H2,1-2H3. The average molecular weight is 199 g/mol. The van der Waals surface area contributed by atoms with Gasteiger partial charge in [0.25, 0.3) is 0 Å². The lowest BCUT2D eigenvalue weighted by Crippen LogP contribution is -2.05. The van der Waals surface area contributed by atoms with Gasteiger partial charge in [0.1, 0.15) is 11.6 Å². The third-order valence-corrected chi connectivity index (χ3v) is 1.19. The van der Waals surface area contributed by atoms with Crippen molar-refractivity contribution in [3.8, 4) is 0 Å². The molecule has 14 heavy (non-hydrogen) atoms. The van der Waals surface area contributed by atoms with Gasteiger partial charge in [-0.1, -0.05) is 13.0 Å². The number of ketones is 2. The molecule has 0 saturated carbocycles. The molecule has 0 aromatic carbocycles. The van der Waals surface area contributed by atoms with E-state index in [4.69, 9.17) is 5.73 Å². The van der Waals surface area contributed by atoms with Crippen LogP contribution in [0, 0.1) is 0 Å². The second-order valence-electron chi connectivity index (χ2n) is 2.77. The third kappa shape index (κ3) is 22.4. The number of nitrogens with two attached hydrogens (primary N) is 1. The lowest BCUT2D eigenvalue weighted by Gasteiger charge is -1.81. The van der Waals surface area contributed by atoms with E-state index in [-0.39, 0.29) is 18.0 Å². The van der Waals surface area contributed by atoms with Gasteiger partial charge in [-0.25, -0.2) is 0 Å². The first kappa shape index (κ1) is 15.0. The molecule has 0 aromatic rings. The van der Waals surface area contributed by atoms with E-state index >= 15 is 0 Å². The molecular formula is C10H17NO3. The Morgan fingerprint density at radius 1 is 1.14 bits per heavy atom. The van der Waals surface area contributed by atoms with Gasteiger partial charge in [-0.15, -0.1) is 0 Å². The fraction of sp³-hybridized carbons (Fsp3) is 0.500. The van der Waals surface area contributed by atoms with E-state index in [1.165, 1.54) is 19.1 Å². The number of carbonyl (C=O) groups excluding carboxylic acids is 3. The number of allylic oxidation sites excluding steroid dienone is 1. The van der Waals surface area contributed by atoms with Crippen molar-refractivity contribution in [3.63, 3.8) is 0 Å². The minimum absolute atomic E-state index is 0.0208. The molecule has 0 aliphatic carbocycles. The smallest absolute Gasteiger partial charge is 0.241 e. The van der Waals surface area contributed by atoms with Crippen LogP contribution in [-0.2, 0) is 14.4 Å². The fourth-order valence-corrected chi connectivity index (χ4v) is 0.341. The summed E-state index contributed by atoms with van der Waals surface area (Å²) in [6.45, 7) is 4.88. The van der Waals surface area contributed by atoms with Crippen LogP contribution in [-0.4, -0.2) is 17.5 Å². The molecule has 0 aliphatic heterocycles. The number of carbonyl (C=O) groups is 3. The van der Waals surface area contributed by atoms with Gasteiger partial charge < -0.3 is 10.5 Å². The maximum absolute atomic E-state index is 10.2. The van der Waals surface area contributed by atoms with Gasteiger partial charge in [0.15, 0.2) is 0 Å². The summed E-state index contributed by atoms with van der Waals surface area (Å²) in [5, 5.41) is 0. The quantitative estimate of drug-likeness (QED) is 0.686. The zero-order chi connectivity index (χ0) is 11.6. The van der Waals surface area contributed by atoms with Crippen LogP contribution in [0.5, 0.6) is 0 Å². The van der Waals surface area contributed by atoms with Crippen molar-refractivity contribution in [2.75, 3.05) is 0 Å². The number of amides is 1. The van der Waals surface area contributed by atoms with Crippen LogP contribution in [0.3, 0.4) is 0 Å². The Morgan fingerprint density at radius 3 is 1.79 bits per heavy atom. The molecule has 2 N–H and O–H groups in total. The summed E-state index contributed by atoms with van der Waals surface area (Å²) in [5.41, 5.74) is 4.74. The van der Waals surface area contributed by atoms with Crippen LogP contribution in [0.25, 0.3) is 0 Å². The van der Waals surface area contributed by atoms with E-state index in [1.807, 2.05) is 6.92 Å². The molecule has 0 bridgehead atoms. The van der Waals surface area contributed by atoms with Crippen molar-refractivity contribution in [1.29, 1.82) is 0 Å². The van der Waals surface area contributed by atoms with Gasteiger partial charge in [0, 0.05) is 12.8 Å². The normalized spacial score (nSPS) is 9.07. The largest absolute Gasteiger partial charge is 0.366 e. The molecule has 0 spiro atoms. The molecule has 0 rings (SSSR count). The van der Waals surface area contributed by atoms with Crippen molar-refractivity contribution in [2.45, 2.75) is 33.6 Å². The summed E-state index contributed by atoms with van der Waals surface area (Å²) in [6, 6.07) is 0. The zero-order valence-corrected chi connectivity index (χ0v) is 8.87. The first-order valence-electron chi connectivity index (χ1n) is 4.35. The maximum atomic E-state index is 10.2. The minimum Gasteiger partial charge on any atom is -0.366 e. The van der Waals surface area contributed by atoms with Crippen LogP contribution < -0.4 is 5.73 Å². The fourth-order valence-electron chi connectivity index (χ4n) is 0.341. The van der Waals surface area contributed by atoms with Crippen molar-refractivity contribution in [1.82, 2.24) is 0 Å². The van der Waals surface area contributed by atoms with Crippen molar-refractivity contribution in [2.24, 2.45) is 5.73 Å². The molecule has 4 heteroatoms. The summed E-state index contributed by atoms with van der Waals surface area (Å²) in [7, 11) is 0. The Kier molecular flexibility index (Phi) is 10.4. The van der Waals surface area contributed by atoms with E-state index in [9.17, 15) is 14.4 Å². The molecule has 0 radical (unpaired) electrons. The lowest BCUT2D eigenvalue weighted by atomic mass is 10.3. The Balaban J connectivity index is 0. The highest BCUT2D eigenvalue weighted by Crippen LogP contribution is 1.82. The van der Waals surface area contributed by atoms with Crippen molar-refractivity contribution in [3.05, 3.63) is 12.2 Å². The number of primary amides is 1. The van der Waals surface area contributed by atoms with Crippen LogP contribution >= 0.6 is 0 Å². The molecule has 1 amide bonds. The topological polar surface area (TPSA) is 77.2 Å². The van der Waals surface area contributed by atoms with Crippen LogP contribution in [0.15, 0.2) is 12.2 Å². The van der Waals surface area contributed by atoms with E-state index in [0.717, 1.165) is 0 Å². The van der Waals surface area contributed by atoms with Crippen molar-refractivity contribution >= 4 is 17.5 Å². The van der Waals surface area contributed by atoms with Crippen LogP contribution in [0.4, 0.5) is 0 Å². The zero-order valence-electron chi connectivity index (χ0n) is 8.87. The average Bonchev–Trinajstić information content (AvgIpc) is 2.04. The van der Waals surface area contributed by atoms with E-state index in [0.29, 0.717) is 6.42 Å². The molecule has 80 valence electrons. The van der Waals surface area contributed by atoms with Gasteiger partial charge in [-0.3, -0.25) is 9.59 Å². The second kappa shape index (κ2) is 9.64. The first-order chi connectivity index (χ1) is 6.40. The predicted octanol–water partition coefficient (Wildman–Crippen LogP) is 0.992. The summed E-state index contributed by atoms with van der Waals surface area (Å²) in [6.07, 6.45) is 3.58. The van der Waals surface area contributed by atoms with E-state index in [1.54, 1.807) is 6.92 Å². The highest BCUT2D eigenvalue weighted by Gasteiger charge is 1.86. The Bertz CT molecular complexity index is 232. The van der Waals surface area contributed by atoms with Gasteiger partial charge in [0.2, 0.25) is 5.91 Å². The second-order valence-corrected chi connectivity index (χ2v) is 2.77. The maximum Gasteiger partial charge on any atom is 0.241 e. The molecule has 4 nitrogen and oxygen atoms in total. The first-order valence-corrected chi connectivity index (χ1v) is 4.35. The molecule has 0 saturated heterocycles. The van der Waals surface area contributed by atoms with Gasteiger partial charge in [-0.2, -0.15) is 0 Å². The summed E-state index contributed by atoms with van der Waals surface area (Å²) in [4.78, 5) is 30.0. The molecule has 0 heterocycles. The summed E-state index contributed by atoms with van der Waals surface area (Å²) >= 11 is 0. The third-order valence-electron chi connectivity index (χ3n) is 1.19. The number of Topliss-reactive ketones (excluding diaryl/α,β-unsaturated/α-hetero) is 2. The molecule has 0 aromatic heterocycles. The SMILES string of the molecule is CC(=O)CC=CC(N)=O.CCC(C)=O. The Labute approximate surface area is 84.2 Å². The van der Waals surface area contributed by atoms with Gasteiger partial charge in [0.05, 0.1) is 0 Å². The molecular weight excluding hydrogens is 182 g/mol. The summed E-state index contributed by atoms with van der Waals surface area (Å²) in [5.74, 6) is -0.242. The van der Waals surface area contributed by atoms with E-state index < -0.39 is 5.91 Å². The predicted molar refractivity (Wildman–Crippen MR) is 54.6 cm³/mol. The Hall–Kier alpha value is -1.45. The highest BCUT2D eigenvalue weighted by atomic mass is 16.1. The molecule has 0 aliphatic rings. The minimum atomic E-state index is -0.517. The summed E-state index contributed by atoms with van der Waals surface area (Å²) < 4.78 is 0. The molecule has 0 atom stereocenters. The van der Waals surface area contributed by atoms with Crippen LogP contribution in [0.1, 0.15) is 33.6 Å². The number of hydrogen-bond donors (Lipinski definition) is 1. The van der Waals surface area contributed by atoms with Gasteiger partial charge >= 0.3 is 0 Å². The Morgan fingerprint density at radius 2 is 1.57 bits per heavy atom. The monoisotopic (exact) mass is 199 g/mol. The number of rotatable bonds is 4. The molecule has 0 fully saturated rings. The number of hydrogen-bond acceptors (Lipinski definition) is 3. The molecule has 0 unspecified atom stereocenters.